The van der Waals surface area contributed by atoms with Gasteiger partial charge in [-0.1, -0.05) is 0 Å². The Morgan fingerprint density at radius 3 is 3.18 bits per heavy atom. The molecule has 0 N–H and O–H groups in total. The number of carbonyl (C=O) groups excluding carboxylic acids is 1. The summed E-state index contributed by atoms with van der Waals surface area (Å²) in [5.74, 6) is 0.551. The van der Waals surface area contributed by atoms with Crippen molar-refractivity contribution in [3.05, 3.63) is 0 Å². The van der Waals surface area contributed by atoms with Crippen molar-refractivity contribution in [2.24, 2.45) is 0 Å². The Morgan fingerprint density at radius 1 is 1.82 bits per heavy atom. The molecule has 0 saturated carbocycles. The maximum atomic E-state index is 11.3. The van der Waals surface area contributed by atoms with Crippen LogP contribution in [0.25, 0.3) is 0 Å². The highest BCUT2D eigenvalue weighted by atomic mass is 35.5. The molecule has 1 amide bonds. The van der Waals surface area contributed by atoms with Crippen molar-refractivity contribution < 1.29 is 9.53 Å². The van der Waals surface area contributed by atoms with Crippen LogP contribution >= 0.6 is 11.6 Å². The van der Waals surface area contributed by atoms with Gasteiger partial charge >= 0.3 is 0 Å². The molecule has 1 heterocycles. The first-order valence-corrected chi connectivity index (χ1v) is 4.25. The Kier molecular flexibility index (Phi) is 3.15. The topological polar surface area (TPSA) is 29.5 Å². The van der Waals surface area contributed by atoms with Gasteiger partial charge in [0.2, 0.25) is 0 Å². The molecule has 3 nitrogen and oxygen atoms in total. The number of ether oxygens (including phenoxy) is 1. The van der Waals surface area contributed by atoms with Crippen molar-refractivity contribution in [2.45, 2.75) is 13.0 Å². The summed E-state index contributed by atoms with van der Waals surface area (Å²) in [5.41, 5.74) is 0. The lowest BCUT2D eigenvalue weighted by molar-refractivity contribution is -0.150. The Hall–Kier alpha value is -0.280. The number of amides is 1. The second-order valence-corrected chi connectivity index (χ2v) is 2.91. The fraction of sp³-hybridized carbons (Fsp3) is 0.857. The van der Waals surface area contributed by atoms with Crippen LogP contribution in [-0.4, -0.2) is 42.5 Å². The zero-order chi connectivity index (χ0) is 8.27. The number of hydrogen-bond donors (Lipinski definition) is 0. The monoisotopic (exact) mass is 177 g/mol. The Morgan fingerprint density at radius 2 is 2.55 bits per heavy atom. The highest BCUT2D eigenvalue weighted by Crippen LogP contribution is 2.05. The molecule has 1 rings (SSSR count). The zero-order valence-electron chi connectivity index (χ0n) is 6.55. The van der Waals surface area contributed by atoms with Crippen molar-refractivity contribution in [3.63, 3.8) is 0 Å². The summed E-state index contributed by atoms with van der Waals surface area (Å²) in [6.45, 7) is 3.70. The number of rotatable bonds is 2. The van der Waals surface area contributed by atoms with Crippen LogP contribution in [0, 0.1) is 0 Å². The predicted octanol–water partition coefficient (Wildman–Crippen LogP) is 0.472. The molecule has 4 heteroatoms. The van der Waals surface area contributed by atoms with E-state index in [1.54, 1.807) is 11.8 Å². The molecule has 0 aromatic heterocycles. The lowest BCUT2D eigenvalue weighted by atomic mass is 10.3. The third kappa shape index (κ3) is 2.07. The Labute approximate surface area is 71.3 Å². The quantitative estimate of drug-likeness (QED) is 0.574. The summed E-state index contributed by atoms with van der Waals surface area (Å²) in [5, 5.41) is 0. The molecular formula is C7H12ClNO2. The van der Waals surface area contributed by atoms with Gasteiger partial charge in [-0.25, -0.2) is 0 Å². The lowest BCUT2D eigenvalue weighted by Gasteiger charge is -2.30. The molecule has 0 bridgehead atoms. The van der Waals surface area contributed by atoms with E-state index in [1.165, 1.54) is 0 Å². The molecule has 0 aromatic rings. The molecule has 1 aliphatic heterocycles. The highest BCUT2D eigenvalue weighted by molar-refractivity contribution is 6.18. The molecule has 0 aromatic carbocycles. The summed E-state index contributed by atoms with van der Waals surface area (Å²) in [4.78, 5) is 13.0. The summed E-state index contributed by atoms with van der Waals surface area (Å²) in [6.07, 6.45) is -0.285. The van der Waals surface area contributed by atoms with Gasteiger partial charge in [-0.2, -0.15) is 0 Å². The molecule has 1 saturated heterocycles. The number of halogens is 1. The summed E-state index contributed by atoms with van der Waals surface area (Å²) in [7, 11) is 0. The Balaban J connectivity index is 2.44. The summed E-state index contributed by atoms with van der Waals surface area (Å²) >= 11 is 5.51. The van der Waals surface area contributed by atoms with Gasteiger partial charge in [0.15, 0.2) is 0 Å². The lowest BCUT2D eigenvalue weighted by Crippen LogP contribution is -2.47. The average Bonchev–Trinajstić information content (AvgIpc) is 1.99. The minimum absolute atomic E-state index is 0.0527. The van der Waals surface area contributed by atoms with Crippen LogP contribution in [0.5, 0.6) is 0 Å². The third-order valence-corrected chi connectivity index (χ3v) is 1.91. The number of nitrogens with zero attached hydrogens (tertiary/aromatic N) is 1. The molecule has 11 heavy (non-hydrogen) atoms. The SMILES string of the molecule is CC1OCCN(CCCl)C1=O. The first-order valence-electron chi connectivity index (χ1n) is 3.72. The smallest absolute Gasteiger partial charge is 0.251 e. The normalized spacial score (nSPS) is 25.8. The van der Waals surface area contributed by atoms with E-state index in [0.717, 1.165) is 0 Å². The van der Waals surface area contributed by atoms with Crippen LogP contribution < -0.4 is 0 Å². The highest BCUT2D eigenvalue weighted by Gasteiger charge is 2.24. The molecule has 1 fully saturated rings. The molecule has 0 spiro atoms. The molecule has 1 unspecified atom stereocenters. The standard InChI is InChI=1S/C7H12ClNO2/c1-6-7(10)9(3-2-8)4-5-11-6/h6H,2-5H2,1H3. The van der Waals surface area contributed by atoms with Crippen LogP contribution in [-0.2, 0) is 9.53 Å². The molecule has 1 atom stereocenters. The van der Waals surface area contributed by atoms with Crippen LogP contribution in [0.15, 0.2) is 0 Å². The average molecular weight is 178 g/mol. The van der Waals surface area contributed by atoms with E-state index < -0.39 is 0 Å². The molecule has 0 radical (unpaired) electrons. The minimum atomic E-state index is -0.285. The Bertz CT molecular complexity index is 149. The van der Waals surface area contributed by atoms with Gasteiger partial charge < -0.3 is 9.64 Å². The second-order valence-electron chi connectivity index (χ2n) is 2.53. The van der Waals surface area contributed by atoms with Gasteiger partial charge in [0.05, 0.1) is 6.61 Å². The maximum absolute atomic E-state index is 11.3. The molecule has 64 valence electrons. The van der Waals surface area contributed by atoms with Gasteiger partial charge in [0, 0.05) is 19.0 Å². The van der Waals surface area contributed by atoms with E-state index in [4.69, 9.17) is 16.3 Å². The predicted molar refractivity (Wildman–Crippen MR) is 42.7 cm³/mol. The zero-order valence-corrected chi connectivity index (χ0v) is 7.30. The van der Waals surface area contributed by atoms with Crippen molar-refractivity contribution >= 4 is 17.5 Å². The maximum Gasteiger partial charge on any atom is 0.251 e. The van der Waals surface area contributed by atoms with Crippen molar-refractivity contribution in [3.8, 4) is 0 Å². The van der Waals surface area contributed by atoms with E-state index in [-0.39, 0.29) is 12.0 Å². The van der Waals surface area contributed by atoms with Gasteiger partial charge in [0.1, 0.15) is 6.10 Å². The van der Waals surface area contributed by atoms with Gasteiger partial charge in [-0.3, -0.25) is 4.79 Å². The molecule has 1 aliphatic rings. The first-order chi connectivity index (χ1) is 5.25. The van der Waals surface area contributed by atoms with Crippen LogP contribution in [0.1, 0.15) is 6.92 Å². The fourth-order valence-corrected chi connectivity index (χ4v) is 1.31. The van der Waals surface area contributed by atoms with E-state index in [1.807, 2.05) is 0 Å². The number of hydrogen-bond acceptors (Lipinski definition) is 2. The molecular weight excluding hydrogens is 166 g/mol. The first kappa shape index (κ1) is 8.81. The van der Waals surface area contributed by atoms with Gasteiger partial charge in [-0.15, -0.1) is 11.6 Å². The number of morpholine rings is 1. The van der Waals surface area contributed by atoms with Crippen molar-refractivity contribution in [1.82, 2.24) is 4.90 Å². The van der Waals surface area contributed by atoms with E-state index in [0.29, 0.717) is 25.6 Å². The van der Waals surface area contributed by atoms with E-state index in [2.05, 4.69) is 0 Å². The van der Waals surface area contributed by atoms with Crippen molar-refractivity contribution in [1.29, 1.82) is 0 Å². The van der Waals surface area contributed by atoms with Crippen LogP contribution in [0.4, 0.5) is 0 Å². The summed E-state index contributed by atoms with van der Waals surface area (Å²) < 4.78 is 5.13. The van der Waals surface area contributed by atoms with Gasteiger partial charge in [-0.05, 0) is 6.92 Å². The van der Waals surface area contributed by atoms with Gasteiger partial charge in [0.25, 0.3) is 5.91 Å². The largest absolute Gasteiger partial charge is 0.367 e. The number of carbonyl (C=O) groups is 1. The van der Waals surface area contributed by atoms with Crippen molar-refractivity contribution in [2.75, 3.05) is 25.6 Å². The fourth-order valence-electron chi connectivity index (χ4n) is 1.10. The van der Waals surface area contributed by atoms with Crippen LogP contribution in [0.2, 0.25) is 0 Å². The van der Waals surface area contributed by atoms with Crippen LogP contribution in [0.3, 0.4) is 0 Å². The third-order valence-electron chi connectivity index (χ3n) is 1.74. The number of alkyl halides is 1. The van der Waals surface area contributed by atoms with E-state index in [9.17, 15) is 4.79 Å². The second kappa shape index (κ2) is 3.93. The summed E-state index contributed by atoms with van der Waals surface area (Å²) in [6, 6.07) is 0. The van der Waals surface area contributed by atoms with E-state index >= 15 is 0 Å². The molecule has 0 aliphatic carbocycles. The minimum Gasteiger partial charge on any atom is -0.367 e.